The second-order valence-corrected chi connectivity index (χ2v) is 9.39. The molecule has 9 heteroatoms. The fourth-order valence-electron chi connectivity index (χ4n) is 4.05. The van der Waals surface area contributed by atoms with Gasteiger partial charge in [-0.25, -0.2) is 13.1 Å². The standard InChI is InChI=1S/C23H23N3O5S/c1-15-14-25(23(28)21-8-6-12-31-21)20-13-17(10-11-19(20)26(15)16(2)27)18-7-4-5-9-22(18)32(29,30)24-3/h4-13,15,24H,14H2,1-3H3/t15-/m0/s1. The molecule has 166 valence electrons. The van der Waals surface area contributed by atoms with Gasteiger partial charge in [-0.05, 0) is 49.9 Å². The second-order valence-electron chi connectivity index (χ2n) is 7.54. The van der Waals surface area contributed by atoms with E-state index >= 15 is 0 Å². The Morgan fingerprint density at radius 1 is 1.06 bits per heavy atom. The molecule has 0 bridgehead atoms. The first-order valence-electron chi connectivity index (χ1n) is 10.1. The molecule has 2 amide bonds. The molecule has 0 spiro atoms. The Balaban J connectivity index is 1.91. The lowest BCUT2D eigenvalue weighted by atomic mass is 10.00. The largest absolute Gasteiger partial charge is 0.459 e. The molecule has 32 heavy (non-hydrogen) atoms. The first kappa shape index (κ1) is 21.8. The van der Waals surface area contributed by atoms with Crippen molar-refractivity contribution in [2.45, 2.75) is 24.8 Å². The van der Waals surface area contributed by atoms with E-state index in [2.05, 4.69) is 4.72 Å². The van der Waals surface area contributed by atoms with Crippen LogP contribution in [0.2, 0.25) is 0 Å². The molecule has 0 fully saturated rings. The van der Waals surface area contributed by atoms with Crippen LogP contribution in [0.15, 0.2) is 70.2 Å². The van der Waals surface area contributed by atoms with E-state index in [1.165, 1.54) is 26.3 Å². The Hall–Kier alpha value is -3.43. The smallest absolute Gasteiger partial charge is 0.294 e. The summed E-state index contributed by atoms with van der Waals surface area (Å²) in [6, 6.07) is 14.8. The van der Waals surface area contributed by atoms with E-state index in [0.29, 0.717) is 22.5 Å². The second kappa shape index (κ2) is 8.25. The highest BCUT2D eigenvalue weighted by molar-refractivity contribution is 7.89. The zero-order chi connectivity index (χ0) is 23.0. The molecule has 0 radical (unpaired) electrons. The van der Waals surface area contributed by atoms with E-state index < -0.39 is 10.0 Å². The van der Waals surface area contributed by atoms with Crippen molar-refractivity contribution in [3.63, 3.8) is 0 Å². The van der Waals surface area contributed by atoms with Crippen LogP contribution in [0, 0.1) is 0 Å². The molecule has 3 aromatic rings. The molecular weight excluding hydrogens is 430 g/mol. The Labute approximate surface area is 186 Å². The van der Waals surface area contributed by atoms with E-state index in [4.69, 9.17) is 4.42 Å². The molecule has 4 rings (SSSR count). The van der Waals surface area contributed by atoms with Gasteiger partial charge in [0.1, 0.15) is 0 Å². The fourth-order valence-corrected chi connectivity index (χ4v) is 5.00. The van der Waals surface area contributed by atoms with Gasteiger partial charge in [-0.2, -0.15) is 0 Å². The average Bonchev–Trinajstić information content (AvgIpc) is 3.32. The van der Waals surface area contributed by atoms with Crippen molar-refractivity contribution in [3.05, 3.63) is 66.6 Å². The molecule has 0 saturated carbocycles. The van der Waals surface area contributed by atoms with Gasteiger partial charge in [0.25, 0.3) is 5.91 Å². The highest BCUT2D eigenvalue weighted by Gasteiger charge is 2.35. The molecular formula is C23H23N3O5S. The SMILES string of the molecule is CNS(=O)(=O)c1ccccc1-c1ccc2c(c1)N(C(=O)c1ccco1)C[C@H](C)N2C(C)=O. The highest BCUT2D eigenvalue weighted by Crippen LogP contribution is 2.40. The van der Waals surface area contributed by atoms with Crippen LogP contribution in [0.25, 0.3) is 11.1 Å². The van der Waals surface area contributed by atoms with Gasteiger partial charge in [-0.15, -0.1) is 0 Å². The van der Waals surface area contributed by atoms with Crippen molar-refractivity contribution in [1.29, 1.82) is 0 Å². The number of nitrogens with zero attached hydrogens (tertiary/aromatic N) is 2. The van der Waals surface area contributed by atoms with Gasteiger partial charge >= 0.3 is 0 Å². The lowest BCUT2D eigenvalue weighted by Crippen LogP contribution is -2.51. The quantitative estimate of drug-likeness (QED) is 0.654. The zero-order valence-electron chi connectivity index (χ0n) is 17.9. The number of nitrogens with one attached hydrogen (secondary N) is 1. The number of carbonyl (C=O) groups is 2. The molecule has 8 nitrogen and oxygen atoms in total. The van der Waals surface area contributed by atoms with Crippen LogP contribution in [0.4, 0.5) is 11.4 Å². The summed E-state index contributed by atoms with van der Waals surface area (Å²) < 4.78 is 32.8. The third-order valence-electron chi connectivity index (χ3n) is 5.49. The maximum absolute atomic E-state index is 13.2. The summed E-state index contributed by atoms with van der Waals surface area (Å²) >= 11 is 0. The number of hydrogen-bond acceptors (Lipinski definition) is 5. The van der Waals surface area contributed by atoms with Crippen molar-refractivity contribution in [2.24, 2.45) is 0 Å². The van der Waals surface area contributed by atoms with Crippen molar-refractivity contribution < 1.29 is 22.4 Å². The summed E-state index contributed by atoms with van der Waals surface area (Å²) in [7, 11) is -2.35. The first-order valence-corrected chi connectivity index (χ1v) is 11.5. The predicted octanol–water partition coefficient (Wildman–Crippen LogP) is 3.26. The third-order valence-corrected chi connectivity index (χ3v) is 6.96. The van der Waals surface area contributed by atoms with Gasteiger partial charge in [0.15, 0.2) is 5.76 Å². The van der Waals surface area contributed by atoms with Gasteiger partial charge in [0.05, 0.1) is 28.6 Å². The molecule has 0 saturated heterocycles. The molecule has 1 aliphatic heterocycles. The van der Waals surface area contributed by atoms with Crippen LogP contribution in [0.5, 0.6) is 0 Å². The predicted molar refractivity (Wildman–Crippen MR) is 121 cm³/mol. The number of rotatable bonds is 4. The lowest BCUT2D eigenvalue weighted by Gasteiger charge is -2.40. The number of furan rings is 1. The Kier molecular flexibility index (Phi) is 5.62. The molecule has 1 N–H and O–H groups in total. The molecule has 0 aliphatic carbocycles. The van der Waals surface area contributed by atoms with E-state index in [1.54, 1.807) is 58.3 Å². The first-order chi connectivity index (χ1) is 15.2. The number of carbonyl (C=O) groups excluding carboxylic acids is 2. The van der Waals surface area contributed by atoms with E-state index in [9.17, 15) is 18.0 Å². The summed E-state index contributed by atoms with van der Waals surface area (Å²) in [4.78, 5) is 28.9. The van der Waals surface area contributed by atoms with Crippen LogP contribution < -0.4 is 14.5 Å². The number of amides is 2. The Morgan fingerprint density at radius 3 is 2.47 bits per heavy atom. The van der Waals surface area contributed by atoms with Gasteiger partial charge < -0.3 is 14.2 Å². The molecule has 0 unspecified atom stereocenters. The minimum Gasteiger partial charge on any atom is -0.459 e. The monoisotopic (exact) mass is 453 g/mol. The maximum Gasteiger partial charge on any atom is 0.294 e. The van der Waals surface area contributed by atoms with Crippen LogP contribution in [0.3, 0.4) is 0 Å². The summed E-state index contributed by atoms with van der Waals surface area (Å²) in [6.07, 6.45) is 1.43. The number of sulfonamides is 1. The van der Waals surface area contributed by atoms with Crippen molar-refractivity contribution in [1.82, 2.24) is 4.72 Å². The normalized spacial score (nSPS) is 16.0. The average molecular weight is 454 g/mol. The van der Waals surface area contributed by atoms with Crippen LogP contribution in [0.1, 0.15) is 24.4 Å². The summed E-state index contributed by atoms with van der Waals surface area (Å²) in [5, 5.41) is 0. The molecule has 2 aromatic carbocycles. The highest BCUT2D eigenvalue weighted by atomic mass is 32.2. The van der Waals surface area contributed by atoms with Gasteiger partial charge in [0.2, 0.25) is 15.9 Å². The van der Waals surface area contributed by atoms with E-state index in [0.717, 1.165) is 0 Å². The molecule has 1 aromatic heterocycles. The van der Waals surface area contributed by atoms with E-state index in [-0.39, 0.29) is 35.1 Å². The van der Waals surface area contributed by atoms with Gasteiger partial charge in [-0.3, -0.25) is 9.59 Å². The van der Waals surface area contributed by atoms with Crippen molar-refractivity contribution >= 4 is 33.2 Å². The molecule has 2 heterocycles. The van der Waals surface area contributed by atoms with Gasteiger partial charge in [-0.1, -0.05) is 24.3 Å². The van der Waals surface area contributed by atoms with E-state index in [1.807, 2.05) is 6.92 Å². The Bertz CT molecular complexity index is 1280. The number of hydrogen-bond donors (Lipinski definition) is 1. The molecule has 1 aliphatic rings. The zero-order valence-corrected chi connectivity index (χ0v) is 18.7. The minimum absolute atomic E-state index is 0.124. The molecule has 1 atom stereocenters. The summed E-state index contributed by atoms with van der Waals surface area (Å²) in [5.74, 6) is -0.294. The van der Waals surface area contributed by atoms with Crippen LogP contribution >= 0.6 is 0 Å². The number of benzene rings is 2. The number of anilines is 2. The van der Waals surface area contributed by atoms with Crippen molar-refractivity contribution in [2.75, 3.05) is 23.4 Å². The lowest BCUT2D eigenvalue weighted by molar-refractivity contribution is -0.117. The maximum atomic E-state index is 13.2. The summed E-state index contributed by atoms with van der Waals surface area (Å²) in [6.45, 7) is 3.62. The van der Waals surface area contributed by atoms with Gasteiger partial charge in [0, 0.05) is 19.0 Å². The minimum atomic E-state index is -3.71. The third kappa shape index (κ3) is 3.69. The van der Waals surface area contributed by atoms with Crippen LogP contribution in [-0.2, 0) is 14.8 Å². The van der Waals surface area contributed by atoms with Crippen molar-refractivity contribution in [3.8, 4) is 11.1 Å². The topological polar surface area (TPSA) is 99.9 Å². The fraction of sp³-hybridized carbons (Fsp3) is 0.217. The van der Waals surface area contributed by atoms with Crippen LogP contribution in [-0.4, -0.2) is 39.9 Å². The Morgan fingerprint density at radius 2 is 1.81 bits per heavy atom. The number of fused-ring (bicyclic) bond motifs is 1. The summed E-state index contributed by atoms with van der Waals surface area (Å²) in [5.41, 5.74) is 2.18.